The van der Waals surface area contributed by atoms with Crippen molar-refractivity contribution in [1.29, 1.82) is 0 Å². The first-order valence-electron chi connectivity index (χ1n) is 14.3. The molecule has 0 unspecified atom stereocenters. The second-order valence-corrected chi connectivity index (χ2v) is 11.3. The Morgan fingerprint density at radius 1 is 1.00 bits per heavy atom. The molecule has 2 heterocycles. The van der Waals surface area contributed by atoms with Crippen molar-refractivity contribution in [3.63, 3.8) is 0 Å². The zero-order valence-corrected chi connectivity index (χ0v) is 25.4. The van der Waals surface area contributed by atoms with E-state index in [0.29, 0.717) is 23.7 Å². The number of benzene rings is 2. The second-order valence-electron chi connectivity index (χ2n) is 10.4. The lowest BCUT2D eigenvalue weighted by Crippen LogP contribution is -2.60. The standard InChI is InChI=1S/C30H37N7O6S/c1-19(38)26-30(42)33-25(15-20-7-4-3-5-8-20)28(40)31-17-22-18-37(36-35-22)12-13-43-23-10-6-9-21(16-23)27(39)32-24(11-14-44-2)29(41)34-26/h3-10,16,18-19,24-26,38H,11-15,17H2,1-2H3,(H,31,40)(H,32,39)(H,33,42)(H,34,41)/t19-,24+,25+,26+/m1/s1. The van der Waals surface area contributed by atoms with Crippen LogP contribution in [0.2, 0.25) is 0 Å². The van der Waals surface area contributed by atoms with Crippen molar-refractivity contribution in [3.05, 3.63) is 77.6 Å². The molecule has 234 valence electrons. The number of amides is 4. The normalized spacial score (nSPS) is 21.0. The quantitative estimate of drug-likeness (QED) is 0.261. The van der Waals surface area contributed by atoms with Gasteiger partial charge in [0.05, 0.1) is 25.4 Å². The third kappa shape index (κ3) is 9.28. The number of thioether (sulfide) groups is 1. The highest BCUT2D eigenvalue weighted by Gasteiger charge is 2.32. The van der Waals surface area contributed by atoms with Crippen LogP contribution in [0.5, 0.6) is 5.75 Å². The van der Waals surface area contributed by atoms with E-state index in [1.165, 1.54) is 18.7 Å². The van der Waals surface area contributed by atoms with E-state index in [9.17, 15) is 24.3 Å². The molecule has 1 aliphatic heterocycles. The van der Waals surface area contributed by atoms with E-state index in [2.05, 4.69) is 31.6 Å². The van der Waals surface area contributed by atoms with Crippen LogP contribution < -0.4 is 26.0 Å². The minimum absolute atomic E-state index is 0.0599. The second kappa shape index (κ2) is 15.9. The van der Waals surface area contributed by atoms with Gasteiger partial charge >= 0.3 is 0 Å². The number of ether oxygens (including phenoxy) is 1. The molecule has 1 aliphatic rings. The van der Waals surface area contributed by atoms with Crippen LogP contribution in [0.15, 0.2) is 60.8 Å². The van der Waals surface area contributed by atoms with Crippen LogP contribution in [0.1, 0.15) is 35.0 Å². The maximum Gasteiger partial charge on any atom is 0.252 e. The predicted molar refractivity (Wildman–Crippen MR) is 164 cm³/mol. The Morgan fingerprint density at radius 2 is 1.80 bits per heavy atom. The van der Waals surface area contributed by atoms with E-state index in [4.69, 9.17) is 4.74 Å². The van der Waals surface area contributed by atoms with Crippen LogP contribution in [0.3, 0.4) is 0 Å². The van der Waals surface area contributed by atoms with Gasteiger partial charge in [-0.3, -0.25) is 19.2 Å². The largest absolute Gasteiger partial charge is 0.492 e. The number of hydrogen-bond donors (Lipinski definition) is 5. The average molecular weight is 624 g/mol. The first-order chi connectivity index (χ1) is 21.2. The van der Waals surface area contributed by atoms with Crippen LogP contribution in [-0.2, 0) is 33.9 Å². The third-order valence-corrected chi connectivity index (χ3v) is 7.57. The van der Waals surface area contributed by atoms with Crippen molar-refractivity contribution in [2.75, 3.05) is 18.6 Å². The molecule has 0 aliphatic carbocycles. The van der Waals surface area contributed by atoms with Crippen molar-refractivity contribution in [2.45, 2.75) is 57.1 Å². The Labute approximate surface area is 259 Å². The first kappa shape index (κ1) is 32.5. The highest BCUT2D eigenvalue weighted by Crippen LogP contribution is 2.15. The topological polar surface area (TPSA) is 177 Å². The van der Waals surface area contributed by atoms with Crippen molar-refractivity contribution in [1.82, 2.24) is 36.3 Å². The molecule has 0 saturated carbocycles. The number of aliphatic hydroxyl groups excluding tert-OH is 1. The number of nitrogens with one attached hydrogen (secondary N) is 4. The van der Waals surface area contributed by atoms with Crippen LogP contribution in [0.25, 0.3) is 0 Å². The van der Waals surface area contributed by atoms with Gasteiger partial charge in [-0.05, 0) is 49.1 Å². The van der Waals surface area contributed by atoms with Crippen LogP contribution in [0, 0.1) is 0 Å². The Bertz CT molecular complexity index is 1430. The monoisotopic (exact) mass is 623 g/mol. The van der Waals surface area contributed by atoms with Gasteiger partial charge in [-0.2, -0.15) is 11.8 Å². The molecule has 0 radical (unpaired) electrons. The summed E-state index contributed by atoms with van der Waals surface area (Å²) in [7, 11) is 0. The summed E-state index contributed by atoms with van der Waals surface area (Å²) in [4.78, 5) is 53.4. The number of aromatic nitrogens is 3. The van der Waals surface area contributed by atoms with Gasteiger partial charge in [0.15, 0.2) is 0 Å². The van der Waals surface area contributed by atoms with E-state index >= 15 is 0 Å². The lowest BCUT2D eigenvalue weighted by atomic mass is 10.0. The average Bonchev–Trinajstić information content (AvgIpc) is 3.47. The molecule has 44 heavy (non-hydrogen) atoms. The van der Waals surface area contributed by atoms with Gasteiger partial charge < -0.3 is 31.1 Å². The number of carbonyl (C=O) groups excluding carboxylic acids is 4. The molecule has 0 saturated heterocycles. The zero-order valence-electron chi connectivity index (χ0n) is 24.6. The number of nitrogens with zero attached hydrogens (tertiary/aromatic N) is 3. The zero-order chi connectivity index (χ0) is 31.5. The molecule has 0 fully saturated rings. The lowest BCUT2D eigenvalue weighted by molar-refractivity contribution is -0.134. The Balaban J connectivity index is 1.63. The number of hydrogen-bond acceptors (Lipinski definition) is 9. The summed E-state index contributed by atoms with van der Waals surface area (Å²) in [6.45, 7) is 2.03. The van der Waals surface area contributed by atoms with E-state index in [1.807, 2.05) is 36.6 Å². The van der Waals surface area contributed by atoms with Gasteiger partial charge in [0.2, 0.25) is 17.7 Å². The van der Waals surface area contributed by atoms with Gasteiger partial charge in [0.25, 0.3) is 5.91 Å². The Morgan fingerprint density at radius 3 is 2.55 bits per heavy atom. The summed E-state index contributed by atoms with van der Waals surface area (Å²) in [5.41, 5.74) is 1.58. The van der Waals surface area contributed by atoms with E-state index in [-0.39, 0.29) is 31.6 Å². The number of fused-ring (bicyclic) bond motifs is 4. The summed E-state index contributed by atoms with van der Waals surface area (Å²) in [5, 5.41) is 29.5. The lowest BCUT2D eigenvalue weighted by Gasteiger charge is -2.27. The Hall–Kier alpha value is -4.43. The van der Waals surface area contributed by atoms with Gasteiger partial charge in [-0.15, -0.1) is 5.10 Å². The highest BCUT2D eigenvalue weighted by molar-refractivity contribution is 7.98. The number of rotatable bonds is 6. The summed E-state index contributed by atoms with van der Waals surface area (Å²) in [6, 6.07) is 12.3. The SMILES string of the molecule is CSCC[C@@H]1NC(=O)c2cccc(c2)OCCn2cc(nn2)CNC(=O)[C@H](Cc2ccccc2)NC(=O)[C@H]([C@@H](C)O)NC1=O. The first-order valence-corrected chi connectivity index (χ1v) is 15.6. The fraction of sp³-hybridized carbons (Fsp3) is 0.400. The molecular formula is C30H37N7O6S. The van der Waals surface area contributed by atoms with Gasteiger partial charge in [-0.25, -0.2) is 4.68 Å². The van der Waals surface area contributed by atoms with Crippen LogP contribution in [0.4, 0.5) is 0 Å². The summed E-state index contributed by atoms with van der Waals surface area (Å²) in [5.74, 6) is -1.36. The molecule has 0 spiro atoms. The molecule has 3 aromatic rings. The third-order valence-electron chi connectivity index (χ3n) is 6.93. The van der Waals surface area contributed by atoms with E-state index < -0.39 is 47.9 Å². The van der Waals surface area contributed by atoms with E-state index in [0.717, 1.165) is 5.56 Å². The van der Waals surface area contributed by atoms with Crippen molar-refractivity contribution >= 4 is 35.4 Å². The minimum Gasteiger partial charge on any atom is -0.492 e. The summed E-state index contributed by atoms with van der Waals surface area (Å²) < 4.78 is 7.39. The molecule has 5 N–H and O–H groups in total. The highest BCUT2D eigenvalue weighted by atomic mass is 32.2. The Kier molecular flexibility index (Phi) is 11.7. The molecule has 2 aromatic carbocycles. The van der Waals surface area contributed by atoms with Crippen LogP contribution in [-0.4, -0.2) is 86.6 Å². The molecule has 4 atom stereocenters. The number of carbonyl (C=O) groups is 4. The molecule has 13 nitrogen and oxygen atoms in total. The molecule has 1 aromatic heterocycles. The molecule has 14 heteroatoms. The van der Waals surface area contributed by atoms with Gasteiger partial charge in [-0.1, -0.05) is 41.6 Å². The molecular weight excluding hydrogens is 586 g/mol. The van der Waals surface area contributed by atoms with Crippen molar-refractivity contribution in [3.8, 4) is 5.75 Å². The number of aliphatic hydroxyl groups is 1. The fourth-order valence-corrected chi connectivity index (χ4v) is 5.01. The van der Waals surface area contributed by atoms with E-state index in [1.54, 1.807) is 35.1 Å². The summed E-state index contributed by atoms with van der Waals surface area (Å²) >= 11 is 1.50. The molecule has 4 bridgehead atoms. The van der Waals surface area contributed by atoms with Crippen molar-refractivity contribution in [2.24, 2.45) is 0 Å². The molecule has 4 rings (SSSR count). The predicted octanol–water partition coefficient (Wildman–Crippen LogP) is 0.432. The molecule has 4 amide bonds. The van der Waals surface area contributed by atoms with Crippen molar-refractivity contribution < 1.29 is 29.0 Å². The fourth-order valence-electron chi connectivity index (χ4n) is 4.54. The smallest absolute Gasteiger partial charge is 0.252 e. The summed E-state index contributed by atoms with van der Waals surface area (Å²) in [6.07, 6.45) is 2.69. The van der Waals surface area contributed by atoms with Gasteiger partial charge in [0.1, 0.15) is 36.2 Å². The van der Waals surface area contributed by atoms with Gasteiger partial charge in [0, 0.05) is 12.0 Å². The maximum absolute atomic E-state index is 13.5. The minimum atomic E-state index is -1.40. The van der Waals surface area contributed by atoms with Crippen LogP contribution >= 0.6 is 11.8 Å². The maximum atomic E-state index is 13.5.